The average Bonchev–Trinajstić information content (AvgIpc) is 2.35. The van der Waals surface area contributed by atoms with Crippen LogP contribution in [0.2, 0.25) is 0 Å². The van der Waals surface area contributed by atoms with Crippen molar-refractivity contribution in [1.82, 2.24) is 5.32 Å². The molecule has 0 radical (unpaired) electrons. The lowest BCUT2D eigenvalue weighted by molar-refractivity contribution is -0.150. The number of ether oxygens (including phenoxy) is 1. The first-order chi connectivity index (χ1) is 9.64. The van der Waals surface area contributed by atoms with Gasteiger partial charge in [-0.2, -0.15) is 11.8 Å². The highest BCUT2D eigenvalue weighted by Crippen LogP contribution is 2.23. The van der Waals surface area contributed by atoms with E-state index in [4.69, 9.17) is 4.74 Å². The summed E-state index contributed by atoms with van der Waals surface area (Å²) in [5, 5.41) is 3.43. The van der Waals surface area contributed by atoms with Gasteiger partial charge in [0.25, 0.3) is 0 Å². The number of sulfone groups is 1. The van der Waals surface area contributed by atoms with Gasteiger partial charge in [-0.25, -0.2) is 8.42 Å². The second-order valence-electron chi connectivity index (χ2n) is 5.49. The van der Waals surface area contributed by atoms with E-state index < -0.39 is 15.4 Å². The largest absolute Gasteiger partial charge is 0.465 e. The van der Waals surface area contributed by atoms with E-state index in [-0.39, 0.29) is 17.0 Å². The highest BCUT2D eigenvalue weighted by atomic mass is 32.2. The van der Waals surface area contributed by atoms with Gasteiger partial charge >= 0.3 is 5.97 Å². The van der Waals surface area contributed by atoms with Gasteiger partial charge in [0, 0.05) is 17.3 Å². The first-order valence-electron chi connectivity index (χ1n) is 7.36. The lowest BCUT2D eigenvalue weighted by Gasteiger charge is -2.31. The molecule has 0 spiro atoms. The summed E-state index contributed by atoms with van der Waals surface area (Å²) >= 11 is 1.57. The quantitative estimate of drug-likeness (QED) is 0.579. The predicted molar refractivity (Wildman–Crippen MR) is 89.6 cm³/mol. The van der Waals surface area contributed by atoms with Crippen LogP contribution in [0.1, 0.15) is 40.5 Å². The van der Waals surface area contributed by atoms with Gasteiger partial charge in [-0.1, -0.05) is 13.8 Å². The Morgan fingerprint density at radius 3 is 2.48 bits per heavy atom. The number of nitrogens with one attached hydrogen (secondary N) is 1. The molecule has 0 amide bonds. The van der Waals surface area contributed by atoms with Crippen molar-refractivity contribution in [3.63, 3.8) is 0 Å². The zero-order valence-corrected chi connectivity index (χ0v) is 15.4. The Morgan fingerprint density at radius 1 is 1.38 bits per heavy atom. The molecule has 0 rings (SSSR count). The van der Waals surface area contributed by atoms with Crippen LogP contribution in [0.15, 0.2) is 0 Å². The van der Waals surface area contributed by atoms with E-state index in [2.05, 4.69) is 5.32 Å². The Bertz CT molecular complexity index is 411. The van der Waals surface area contributed by atoms with E-state index in [1.807, 2.05) is 20.8 Å². The van der Waals surface area contributed by atoms with Crippen molar-refractivity contribution < 1.29 is 17.9 Å². The molecule has 0 bridgehead atoms. The normalized spacial score (nSPS) is 16.2. The molecule has 126 valence electrons. The molecule has 21 heavy (non-hydrogen) atoms. The molecule has 0 aromatic rings. The minimum atomic E-state index is -2.93. The zero-order chi connectivity index (χ0) is 16.5. The predicted octanol–water partition coefficient (Wildman–Crippen LogP) is 1.86. The molecule has 7 heteroatoms. The van der Waals surface area contributed by atoms with Crippen molar-refractivity contribution in [2.45, 2.75) is 51.3 Å². The third kappa shape index (κ3) is 9.37. The molecule has 0 aromatic carbocycles. The molecule has 0 aliphatic rings. The minimum absolute atomic E-state index is 0.167. The number of thioether (sulfide) groups is 1. The molecule has 0 aromatic heterocycles. The van der Waals surface area contributed by atoms with Crippen molar-refractivity contribution in [3.8, 4) is 0 Å². The summed E-state index contributed by atoms with van der Waals surface area (Å²) in [6.45, 7) is 8.81. The topological polar surface area (TPSA) is 72.5 Å². The van der Waals surface area contributed by atoms with E-state index in [1.165, 1.54) is 6.26 Å². The van der Waals surface area contributed by atoms with Gasteiger partial charge in [-0.15, -0.1) is 0 Å². The molecule has 5 nitrogen and oxygen atoms in total. The minimum Gasteiger partial charge on any atom is -0.465 e. The lowest BCUT2D eigenvalue weighted by atomic mass is 9.96. The maximum atomic E-state index is 12.1. The summed E-state index contributed by atoms with van der Waals surface area (Å²) in [7, 11) is -2.93. The average molecular weight is 340 g/mol. The van der Waals surface area contributed by atoms with Gasteiger partial charge in [-0.3, -0.25) is 4.79 Å². The van der Waals surface area contributed by atoms with E-state index in [0.29, 0.717) is 18.8 Å². The van der Waals surface area contributed by atoms with E-state index in [9.17, 15) is 13.2 Å². The van der Waals surface area contributed by atoms with Crippen LogP contribution in [0.3, 0.4) is 0 Å². The third-order valence-corrected chi connectivity index (χ3v) is 5.42. The first-order valence-corrected chi connectivity index (χ1v) is 10.5. The molecule has 2 unspecified atom stereocenters. The van der Waals surface area contributed by atoms with Crippen molar-refractivity contribution in [2.75, 3.05) is 30.9 Å². The molecular formula is C14H29NO4S2. The maximum absolute atomic E-state index is 12.1. The molecule has 0 saturated carbocycles. The van der Waals surface area contributed by atoms with E-state index in [1.54, 1.807) is 18.7 Å². The number of hydrogen-bond acceptors (Lipinski definition) is 6. The van der Waals surface area contributed by atoms with Gasteiger partial charge < -0.3 is 10.1 Å². The van der Waals surface area contributed by atoms with Crippen molar-refractivity contribution >= 4 is 27.6 Å². The number of carbonyl (C=O) groups is 1. The Labute approximate surface area is 133 Å². The smallest absolute Gasteiger partial charge is 0.326 e. The van der Waals surface area contributed by atoms with Crippen LogP contribution in [0.25, 0.3) is 0 Å². The van der Waals surface area contributed by atoms with E-state index in [0.717, 1.165) is 13.0 Å². The van der Waals surface area contributed by atoms with Gasteiger partial charge in [-0.05, 0) is 33.2 Å². The second kappa shape index (κ2) is 9.69. The van der Waals surface area contributed by atoms with E-state index >= 15 is 0 Å². The Morgan fingerprint density at radius 2 is 2.00 bits per heavy atom. The summed E-state index contributed by atoms with van der Waals surface area (Å²) in [5.41, 5.74) is -0.719. The SMILES string of the molecule is CCCNC(C)(CC(C)SCCS(C)(=O)=O)C(=O)OCC. The molecule has 0 aliphatic carbocycles. The fourth-order valence-electron chi connectivity index (χ4n) is 1.95. The summed E-state index contributed by atoms with van der Waals surface area (Å²) < 4.78 is 27.4. The molecule has 0 saturated heterocycles. The monoisotopic (exact) mass is 339 g/mol. The molecule has 0 heterocycles. The molecular weight excluding hydrogens is 310 g/mol. The van der Waals surface area contributed by atoms with Crippen molar-refractivity contribution in [1.29, 1.82) is 0 Å². The Hall–Kier alpha value is -0.270. The maximum Gasteiger partial charge on any atom is 0.326 e. The highest BCUT2D eigenvalue weighted by molar-refractivity contribution is 8.01. The van der Waals surface area contributed by atoms with Crippen LogP contribution in [-0.2, 0) is 19.4 Å². The Balaban J connectivity index is 4.54. The fraction of sp³-hybridized carbons (Fsp3) is 0.929. The molecule has 0 aliphatic heterocycles. The highest BCUT2D eigenvalue weighted by Gasteiger charge is 2.35. The van der Waals surface area contributed by atoms with Crippen LogP contribution < -0.4 is 5.32 Å². The van der Waals surface area contributed by atoms with Crippen molar-refractivity contribution in [3.05, 3.63) is 0 Å². The van der Waals surface area contributed by atoms with Crippen LogP contribution in [0, 0.1) is 0 Å². The molecule has 0 fully saturated rings. The molecule has 1 N–H and O–H groups in total. The van der Waals surface area contributed by atoms with Gasteiger partial charge in [0.1, 0.15) is 15.4 Å². The van der Waals surface area contributed by atoms with Gasteiger partial charge in [0.15, 0.2) is 0 Å². The summed E-state index contributed by atoms with van der Waals surface area (Å²) in [6, 6.07) is 0. The first kappa shape index (κ1) is 20.7. The third-order valence-electron chi connectivity index (χ3n) is 3.04. The van der Waals surface area contributed by atoms with Crippen LogP contribution in [0.5, 0.6) is 0 Å². The van der Waals surface area contributed by atoms with Crippen LogP contribution >= 0.6 is 11.8 Å². The van der Waals surface area contributed by atoms with Crippen LogP contribution in [0.4, 0.5) is 0 Å². The molecule has 2 atom stereocenters. The Kier molecular flexibility index (Phi) is 9.56. The lowest BCUT2D eigenvalue weighted by Crippen LogP contribution is -2.52. The van der Waals surface area contributed by atoms with Crippen LogP contribution in [-0.4, -0.2) is 56.1 Å². The number of hydrogen-bond donors (Lipinski definition) is 1. The van der Waals surface area contributed by atoms with Crippen molar-refractivity contribution in [2.24, 2.45) is 0 Å². The number of carbonyl (C=O) groups excluding carboxylic acids is 1. The number of rotatable bonds is 11. The summed E-state index contributed by atoms with van der Waals surface area (Å²) in [5.74, 6) is 0.474. The zero-order valence-electron chi connectivity index (χ0n) is 13.8. The fourth-order valence-corrected chi connectivity index (χ4v) is 4.40. The van der Waals surface area contributed by atoms with Gasteiger partial charge in [0.2, 0.25) is 0 Å². The standard InChI is InChI=1S/C14H29NO4S2/c1-6-8-15-14(4,13(16)19-7-2)11-12(3)20-9-10-21(5,17)18/h12,15H,6-11H2,1-5H3. The number of esters is 1. The summed E-state index contributed by atoms with van der Waals surface area (Å²) in [6.07, 6.45) is 2.79. The summed E-state index contributed by atoms with van der Waals surface area (Å²) in [4.78, 5) is 12.1. The second-order valence-corrected chi connectivity index (χ2v) is 9.30. The van der Waals surface area contributed by atoms with Gasteiger partial charge in [0.05, 0.1) is 12.4 Å².